The molecular formula is C21H27N3O2. The van der Waals surface area contributed by atoms with Crippen molar-refractivity contribution in [2.45, 2.75) is 32.4 Å². The van der Waals surface area contributed by atoms with Crippen molar-refractivity contribution in [3.63, 3.8) is 0 Å². The van der Waals surface area contributed by atoms with E-state index in [1.54, 1.807) is 7.11 Å². The number of hydrogen-bond donors (Lipinski definition) is 1. The lowest BCUT2D eigenvalue weighted by Gasteiger charge is -2.27. The van der Waals surface area contributed by atoms with Gasteiger partial charge in [-0.25, -0.2) is 0 Å². The Labute approximate surface area is 154 Å². The van der Waals surface area contributed by atoms with E-state index in [2.05, 4.69) is 33.0 Å². The molecule has 1 amide bonds. The summed E-state index contributed by atoms with van der Waals surface area (Å²) < 4.78 is 7.41. The third kappa shape index (κ3) is 3.63. The summed E-state index contributed by atoms with van der Waals surface area (Å²) in [6.45, 7) is 3.60. The fourth-order valence-corrected chi connectivity index (χ4v) is 3.79. The third-order valence-corrected chi connectivity index (χ3v) is 5.53. The first kappa shape index (κ1) is 17.2. The monoisotopic (exact) mass is 353 g/mol. The maximum Gasteiger partial charge on any atom is 0.267 e. The Morgan fingerprint density at radius 3 is 2.92 bits per heavy atom. The molecule has 2 aliphatic rings. The second-order valence-corrected chi connectivity index (χ2v) is 7.53. The largest absolute Gasteiger partial charge is 0.497 e. The number of rotatable bonds is 6. The Morgan fingerprint density at radius 2 is 2.15 bits per heavy atom. The van der Waals surface area contributed by atoms with E-state index in [1.807, 2.05) is 19.2 Å². The maximum absolute atomic E-state index is 12.5. The van der Waals surface area contributed by atoms with Crippen molar-refractivity contribution >= 4 is 5.91 Å². The van der Waals surface area contributed by atoms with Crippen LogP contribution in [-0.2, 0) is 26.6 Å². The number of methoxy groups -OCH3 is 1. The fraction of sp³-hybridized carbons (Fsp3) is 0.476. The molecule has 0 saturated heterocycles. The van der Waals surface area contributed by atoms with E-state index in [9.17, 15) is 4.79 Å². The number of ether oxygens (including phenoxy) is 1. The maximum atomic E-state index is 12.5. The van der Waals surface area contributed by atoms with E-state index in [4.69, 9.17) is 4.74 Å². The summed E-state index contributed by atoms with van der Waals surface area (Å²) in [4.78, 5) is 14.9. The lowest BCUT2D eigenvalue weighted by molar-refractivity contribution is 0.0943. The van der Waals surface area contributed by atoms with Gasteiger partial charge in [0.15, 0.2) is 0 Å². The molecule has 5 heteroatoms. The number of nitrogens with one attached hydrogen (secondary N) is 1. The van der Waals surface area contributed by atoms with E-state index >= 15 is 0 Å². The van der Waals surface area contributed by atoms with Crippen LogP contribution in [0.1, 0.15) is 40.2 Å². The van der Waals surface area contributed by atoms with E-state index in [1.165, 1.54) is 29.7 Å². The first-order chi connectivity index (χ1) is 12.6. The molecule has 0 spiro atoms. The van der Waals surface area contributed by atoms with Gasteiger partial charge in [-0.05, 0) is 48.1 Å². The Balaban J connectivity index is 1.44. The molecule has 5 nitrogen and oxygen atoms in total. The molecular weight excluding hydrogens is 326 g/mol. The third-order valence-electron chi connectivity index (χ3n) is 5.53. The number of amides is 1. The van der Waals surface area contributed by atoms with Crippen molar-refractivity contribution < 1.29 is 9.53 Å². The summed E-state index contributed by atoms with van der Waals surface area (Å²) in [5.41, 5.74) is 4.62. The van der Waals surface area contributed by atoms with Gasteiger partial charge in [0.2, 0.25) is 0 Å². The van der Waals surface area contributed by atoms with Gasteiger partial charge in [0, 0.05) is 45.3 Å². The van der Waals surface area contributed by atoms with Gasteiger partial charge in [-0.2, -0.15) is 0 Å². The summed E-state index contributed by atoms with van der Waals surface area (Å²) >= 11 is 0. The highest BCUT2D eigenvalue weighted by atomic mass is 16.5. The number of hydrogen-bond acceptors (Lipinski definition) is 3. The number of carbonyl (C=O) groups is 1. The second-order valence-electron chi connectivity index (χ2n) is 7.53. The highest BCUT2D eigenvalue weighted by molar-refractivity contribution is 5.93. The summed E-state index contributed by atoms with van der Waals surface area (Å²) in [6.07, 6.45) is 3.48. The van der Waals surface area contributed by atoms with Gasteiger partial charge in [-0.1, -0.05) is 12.1 Å². The van der Waals surface area contributed by atoms with Crippen LogP contribution in [0, 0.1) is 5.92 Å². The van der Waals surface area contributed by atoms with Gasteiger partial charge in [0.25, 0.3) is 5.91 Å². The minimum atomic E-state index is 0.0631. The topological polar surface area (TPSA) is 46.5 Å². The summed E-state index contributed by atoms with van der Waals surface area (Å²) in [6, 6.07) is 10.3. The van der Waals surface area contributed by atoms with Crippen LogP contribution >= 0.6 is 0 Å². The Hall–Kier alpha value is -2.27. The summed E-state index contributed by atoms with van der Waals surface area (Å²) in [5, 5.41) is 3.09. The highest BCUT2D eigenvalue weighted by Crippen LogP contribution is 2.28. The predicted molar refractivity (Wildman–Crippen MR) is 101 cm³/mol. The molecule has 1 aromatic heterocycles. The average molecular weight is 353 g/mol. The molecule has 1 saturated carbocycles. The molecule has 26 heavy (non-hydrogen) atoms. The van der Waals surface area contributed by atoms with Crippen molar-refractivity contribution in [3.8, 4) is 5.75 Å². The van der Waals surface area contributed by atoms with E-state index in [-0.39, 0.29) is 5.91 Å². The van der Waals surface area contributed by atoms with Gasteiger partial charge in [-0.3, -0.25) is 9.69 Å². The van der Waals surface area contributed by atoms with Gasteiger partial charge >= 0.3 is 0 Å². The Morgan fingerprint density at radius 1 is 1.31 bits per heavy atom. The molecule has 2 aromatic rings. The van der Waals surface area contributed by atoms with Gasteiger partial charge in [-0.15, -0.1) is 0 Å². The van der Waals surface area contributed by atoms with Gasteiger partial charge in [0.05, 0.1) is 7.11 Å². The molecule has 138 valence electrons. The summed E-state index contributed by atoms with van der Waals surface area (Å²) in [7, 11) is 3.72. The van der Waals surface area contributed by atoms with Crippen LogP contribution in [-0.4, -0.2) is 35.6 Å². The number of carbonyl (C=O) groups excluding carboxylic acids is 1. The lowest BCUT2D eigenvalue weighted by Crippen LogP contribution is -2.30. The van der Waals surface area contributed by atoms with Crippen LogP contribution < -0.4 is 10.1 Å². The Kier molecular flexibility index (Phi) is 4.72. The molecule has 2 heterocycles. The first-order valence-electron chi connectivity index (χ1n) is 9.45. The molecule has 0 unspecified atom stereocenters. The molecule has 0 radical (unpaired) electrons. The standard InChI is InChI=1S/C21H27N3O2/c1-23-19-8-9-24(13-16-4-3-5-18(10-16)26-2)14-17(19)11-20(23)21(25)22-12-15-6-7-15/h3-5,10-11,15H,6-9,12-14H2,1-2H3,(H,22,25). The van der Waals surface area contributed by atoms with E-state index in [0.717, 1.165) is 44.0 Å². The highest BCUT2D eigenvalue weighted by Gasteiger charge is 2.25. The number of benzene rings is 1. The second kappa shape index (κ2) is 7.16. The van der Waals surface area contributed by atoms with E-state index in [0.29, 0.717) is 5.92 Å². The molecule has 1 fully saturated rings. The molecule has 4 rings (SSSR count). The smallest absolute Gasteiger partial charge is 0.267 e. The zero-order valence-corrected chi connectivity index (χ0v) is 15.6. The zero-order chi connectivity index (χ0) is 18.1. The number of fused-ring (bicyclic) bond motifs is 1. The van der Waals surface area contributed by atoms with Crippen LogP contribution in [0.2, 0.25) is 0 Å². The molecule has 1 aliphatic carbocycles. The minimum absolute atomic E-state index is 0.0631. The quantitative estimate of drug-likeness (QED) is 0.869. The predicted octanol–water partition coefficient (Wildman–Crippen LogP) is 2.73. The SMILES string of the molecule is COc1cccc(CN2CCc3c(cc(C(=O)NCC4CC4)n3C)C2)c1. The van der Waals surface area contributed by atoms with Crippen LogP contribution in [0.4, 0.5) is 0 Å². The van der Waals surface area contributed by atoms with E-state index < -0.39 is 0 Å². The van der Waals surface area contributed by atoms with Crippen LogP contribution in [0.15, 0.2) is 30.3 Å². The molecule has 1 N–H and O–H groups in total. The number of nitrogens with zero attached hydrogens (tertiary/aromatic N) is 2. The zero-order valence-electron chi connectivity index (χ0n) is 15.6. The van der Waals surface area contributed by atoms with Crippen LogP contribution in [0.25, 0.3) is 0 Å². The summed E-state index contributed by atoms with van der Waals surface area (Å²) in [5.74, 6) is 1.66. The van der Waals surface area contributed by atoms with Crippen LogP contribution in [0.5, 0.6) is 5.75 Å². The molecule has 1 aromatic carbocycles. The van der Waals surface area contributed by atoms with Crippen LogP contribution in [0.3, 0.4) is 0 Å². The normalized spacial score (nSPS) is 17.0. The fourth-order valence-electron chi connectivity index (χ4n) is 3.79. The molecule has 0 atom stereocenters. The lowest BCUT2D eigenvalue weighted by atomic mass is 10.1. The molecule has 1 aliphatic heterocycles. The van der Waals surface area contributed by atoms with Gasteiger partial charge in [0.1, 0.15) is 11.4 Å². The van der Waals surface area contributed by atoms with Crippen molar-refractivity contribution in [2.24, 2.45) is 13.0 Å². The van der Waals surface area contributed by atoms with Crippen molar-refractivity contribution in [2.75, 3.05) is 20.2 Å². The number of aromatic nitrogens is 1. The Bertz CT molecular complexity index is 808. The molecule has 0 bridgehead atoms. The van der Waals surface area contributed by atoms with Crippen molar-refractivity contribution in [1.82, 2.24) is 14.8 Å². The van der Waals surface area contributed by atoms with Crippen molar-refractivity contribution in [3.05, 3.63) is 52.8 Å². The minimum Gasteiger partial charge on any atom is -0.497 e. The first-order valence-corrected chi connectivity index (χ1v) is 9.45. The average Bonchev–Trinajstić information content (AvgIpc) is 3.43. The van der Waals surface area contributed by atoms with Crippen molar-refractivity contribution in [1.29, 1.82) is 0 Å². The van der Waals surface area contributed by atoms with Gasteiger partial charge < -0.3 is 14.6 Å².